The molecule has 3 rings (SSSR count). The van der Waals surface area contributed by atoms with Gasteiger partial charge in [0.1, 0.15) is 0 Å². The van der Waals surface area contributed by atoms with Gasteiger partial charge in [-0.3, -0.25) is 4.79 Å². The van der Waals surface area contributed by atoms with Crippen molar-refractivity contribution in [3.05, 3.63) is 34.6 Å². The maximum Gasteiger partial charge on any atom is 0.248 e. The number of aromatic nitrogens is 2. The second kappa shape index (κ2) is 7.90. The van der Waals surface area contributed by atoms with Crippen LogP contribution >= 0.6 is 15.9 Å². The van der Waals surface area contributed by atoms with Crippen LogP contribution in [0.3, 0.4) is 0 Å². The van der Waals surface area contributed by atoms with E-state index >= 15 is 0 Å². The minimum Gasteiger partial charge on any atom is -0.419 e. The number of carbonyl (C=O) groups excluding carboxylic acids is 1. The monoisotopic (exact) mass is 392 g/mol. The fourth-order valence-corrected chi connectivity index (χ4v) is 3.62. The van der Waals surface area contributed by atoms with Gasteiger partial charge in [-0.1, -0.05) is 25.0 Å². The van der Waals surface area contributed by atoms with E-state index in [1.165, 1.54) is 0 Å². The summed E-state index contributed by atoms with van der Waals surface area (Å²) in [6.07, 6.45) is 4.15. The lowest BCUT2D eigenvalue weighted by Crippen LogP contribution is -2.45. The first-order valence-electron chi connectivity index (χ1n) is 8.21. The molecule has 0 radical (unpaired) electrons. The van der Waals surface area contributed by atoms with Crippen molar-refractivity contribution >= 4 is 21.8 Å². The molecule has 2 aromatic rings. The van der Waals surface area contributed by atoms with Gasteiger partial charge in [0.15, 0.2) is 0 Å². The Morgan fingerprint density at radius 2 is 2.08 bits per heavy atom. The number of rotatable bonds is 5. The molecule has 1 saturated carbocycles. The SMILES string of the molecule is CNC(=O)[C@H]1CCCC[C@H]1NCc1nnc(-c2ccccc2Br)o1. The van der Waals surface area contributed by atoms with Gasteiger partial charge in [-0.05, 0) is 40.9 Å². The van der Waals surface area contributed by atoms with Crippen molar-refractivity contribution < 1.29 is 9.21 Å². The van der Waals surface area contributed by atoms with Crippen molar-refractivity contribution in [3.8, 4) is 11.5 Å². The van der Waals surface area contributed by atoms with Gasteiger partial charge >= 0.3 is 0 Å². The van der Waals surface area contributed by atoms with Crippen LogP contribution in [0.25, 0.3) is 11.5 Å². The van der Waals surface area contributed by atoms with Gasteiger partial charge in [-0.15, -0.1) is 10.2 Å². The number of carbonyl (C=O) groups is 1. The maximum absolute atomic E-state index is 12.0. The summed E-state index contributed by atoms with van der Waals surface area (Å²) in [5, 5.41) is 14.4. The first-order valence-corrected chi connectivity index (χ1v) is 9.00. The Labute approximate surface area is 149 Å². The molecule has 1 heterocycles. The van der Waals surface area contributed by atoms with Crippen LogP contribution in [-0.2, 0) is 11.3 Å². The van der Waals surface area contributed by atoms with E-state index in [0.29, 0.717) is 18.3 Å². The van der Waals surface area contributed by atoms with Crippen LogP contribution in [0.15, 0.2) is 33.2 Å². The summed E-state index contributed by atoms with van der Waals surface area (Å²) in [6, 6.07) is 7.88. The van der Waals surface area contributed by atoms with Crippen molar-refractivity contribution in [1.29, 1.82) is 0 Å². The summed E-state index contributed by atoms with van der Waals surface area (Å²) in [7, 11) is 1.69. The van der Waals surface area contributed by atoms with Crippen LogP contribution in [0.2, 0.25) is 0 Å². The molecule has 2 atom stereocenters. The van der Waals surface area contributed by atoms with Crippen molar-refractivity contribution in [2.24, 2.45) is 5.92 Å². The number of halogens is 1. The predicted octanol–water partition coefficient (Wildman–Crippen LogP) is 2.89. The number of nitrogens with one attached hydrogen (secondary N) is 2. The Kier molecular flexibility index (Phi) is 5.63. The molecule has 24 heavy (non-hydrogen) atoms. The van der Waals surface area contributed by atoms with Gasteiger partial charge in [0, 0.05) is 17.6 Å². The van der Waals surface area contributed by atoms with Gasteiger partial charge in [-0.2, -0.15) is 0 Å². The Hall–Kier alpha value is -1.73. The van der Waals surface area contributed by atoms with E-state index in [0.717, 1.165) is 35.7 Å². The van der Waals surface area contributed by atoms with E-state index in [1.54, 1.807) is 7.05 Å². The molecule has 1 aliphatic carbocycles. The van der Waals surface area contributed by atoms with Crippen LogP contribution in [0.1, 0.15) is 31.6 Å². The van der Waals surface area contributed by atoms with Gasteiger partial charge in [-0.25, -0.2) is 0 Å². The highest BCUT2D eigenvalue weighted by molar-refractivity contribution is 9.10. The van der Waals surface area contributed by atoms with E-state index < -0.39 is 0 Å². The second-order valence-corrected chi connectivity index (χ2v) is 6.83. The molecule has 1 aliphatic rings. The molecule has 0 unspecified atom stereocenters. The molecular formula is C17H21BrN4O2. The molecule has 128 valence electrons. The average molecular weight is 393 g/mol. The van der Waals surface area contributed by atoms with E-state index in [2.05, 4.69) is 36.8 Å². The van der Waals surface area contributed by atoms with Crippen LogP contribution in [-0.4, -0.2) is 29.2 Å². The minimum atomic E-state index is 0.00871. The van der Waals surface area contributed by atoms with Crippen LogP contribution in [0.5, 0.6) is 0 Å². The van der Waals surface area contributed by atoms with Crippen molar-refractivity contribution in [3.63, 3.8) is 0 Å². The van der Waals surface area contributed by atoms with Crippen LogP contribution in [0.4, 0.5) is 0 Å². The summed E-state index contributed by atoms with van der Waals surface area (Å²) < 4.78 is 6.67. The number of benzene rings is 1. The van der Waals surface area contributed by atoms with Gasteiger partial charge in [0.05, 0.1) is 18.0 Å². The highest BCUT2D eigenvalue weighted by atomic mass is 79.9. The molecule has 0 saturated heterocycles. The smallest absolute Gasteiger partial charge is 0.248 e. The largest absolute Gasteiger partial charge is 0.419 e. The number of nitrogens with zero attached hydrogens (tertiary/aromatic N) is 2. The van der Waals surface area contributed by atoms with E-state index in [9.17, 15) is 4.79 Å². The second-order valence-electron chi connectivity index (χ2n) is 5.97. The highest BCUT2D eigenvalue weighted by Crippen LogP contribution is 2.27. The zero-order chi connectivity index (χ0) is 16.9. The molecule has 1 amide bonds. The standard InChI is InChI=1S/C17H21BrN4O2/c1-19-16(23)12-7-3-5-9-14(12)20-10-15-21-22-17(24-15)11-6-2-4-8-13(11)18/h2,4,6,8,12,14,20H,3,5,7,9-10H2,1H3,(H,19,23)/t12-,14+/m0/s1. The molecule has 0 aliphatic heterocycles. The molecule has 1 fully saturated rings. The van der Waals surface area contributed by atoms with Gasteiger partial charge in [0.2, 0.25) is 17.7 Å². The molecule has 7 heteroatoms. The lowest BCUT2D eigenvalue weighted by molar-refractivity contribution is -0.126. The first kappa shape index (κ1) is 17.1. The highest BCUT2D eigenvalue weighted by Gasteiger charge is 2.30. The van der Waals surface area contributed by atoms with E-state index in [4.69, 9.17) is 4.42 Å². The topological polar surface area (TPSA) is 80.0 Å². The van der Waals surface area contributed by atoms with Crippen molar-refractivity contribution in [2.75, 3.05) is 7.05 Å². The zero-order valence-electron chi connectivity index (χ0n) is 13.6. The predicted molar refractivity (Wildman–Crippen MR) is 94.1 cm³/mol. The van der Waals surface area contributed by atoms with E-state index in [1.807, 2.05) is 24.3 Å². The quantitative estimate of drug-likeness (QED) is 0.817. The fourth-order valence-electron chi connectivity index (χ4n) is 3.16. The third-order valence-electron chi connectivity index (χ3n) is 4.44. The minimum absolute atomic E-state index is 0.00871. The lowest BCUT2D eigenvalue weighted by atomic mass is 9.84. The fraction of sp³-hybridized carbons (Fsp3) is 0.471. The number of hydrogen-bond donors (Lipinski definition) is 2. The Morgan fingerprint density at radius 3 is 2.88 bits per heavy atom. The molecule has 0 bridgehead atoms. The molecule has 0 spiro atoms. The summed E-state index contributed by atoms with van der Waals surface area (Å²) in [5.41, 5.74) is 0.872. The van der Waals surface area contributed by atoms with E-state index in [-0.39, 0.29) is 17.9 Å². The van der Waals surface area contributed by atoms with Gasteiger partial charge < -0.3 is 15.1 Å². The molecule has 2 N–H and O–H groups in total. The maximum atomic E-state index is 12.0. The number of hydrogen-bond acceptors (Lipinski definition) is 5. The summed E-state index contributed by atoms with van der Waals surface area (Å²) in [5.74, 6) is 1.13. The van der Waals surface area contributed by atoms with Gasteiger partial charge in [0.25, 0.3) is 0 Å². The third-order valence-corrected chi connectivity index (χ3v) is 5.13. The zero-order valence-corrected chi connectivity index (χ0v) is 15.2. The Balaban J connectivity index is 1.65. The van der Waals surface area contributed by atoms with Crippen molar-refractivity contribution in [1.82, 2.24) is 20.8 Å². The summed E-state index contributed by atoms with van der Waals surface area (Å²) >= 11 is 3.49. The lowest BCUT2D eigenvalue weighted by Gasteiger charge is -2.30. The molecule has 1 aromatic heterocycles. The molecule has 6 nitrogen and oxygen atoms in total. The average Bonchev–Trinajstić information content (AvgIpc) is 3.08. The van der Waals surface area contributed by atoms with Crippen LogP contribution in [0, 0.1) is 5.92 Å². The summed E-state index contributed by atoms with van der Waals surface area (Å²) in [6.45, 7) is 0.468. The first-order chi connectivity index (χ1) is 11.7. The Morgan fingerprint density at radius 1 is 1.29 bits per heavy atom. The Bertz CT molecular complexity index is 703. The normalized spacial score (nSPS) is 20.8. The summed E-state index contributed by atoms with van der Waals surface area (Å²) in [4.78, 5) is 12.0. The third kappa shape index (κ3) is 3.84. The number of amides is 1. The van der Waals surface area contributed by atoms with Crippen molar-refractivity contribution in [2.45, 2.75) is 38.3 Å². The molecule has 1 aromatic carbocycles. The van der Waals surface area contributed by atoms with Crippen LogP contribution < -0.4 is 10.6 Å². The molecular weight excluding hydrogens is 372 g/mol.